The predicted octanol–water partition coefficient (Wildman–Crippen LogP) is -0.421. The molecule has 126 valence electrons. The molecule has 1 amide bonds. The van der Waals surface area contributed by atoms with Crippen molar-refractivity contribution >= 4 is 23.5 Å². The molecule has 0 radical (unpaired) electrons. The Bertz CT molecular complexity index is 710. The van der Waals surface area contributed by atoms with Crippen LogP contribution in [0.2, 0.25) is 0 Å². The lowest BCUT2D eigenvalue weighted by Gasteiger charge is -2.34. The number of carbonyl (C=O) groups excluding carboxylic acids is 1. The van der Waals surface area contributed by atoms with Crippen molar-refractivity contribution in [2.24, 2.45) is 17.2 Å². The molecule has 1 saturated heterocycles. The number of nitrogens with two attached hydrogens (primary N) is 3. The number of rotatable bonds is 4. The summed E-state index contributed by atoms with van der Waals surface area (Å²) < 4.78 is 0. The van der Waals surface area contributed by atoms with Gasteiger partial charge in [0.05, 0.1) is 0 Å². The first-order valence-corrected chi connectivity index (χ1v) is 7.63. The molecule has 0 aliphatic carbocycles. The molecule has 1 aliphatic rings. The van der Waals surface area contributed by atoms with Gasteiger partial charge in [-0.3, -0.25) is 4.79 Å². The van der Waals surface area contributed by atoms with Crippen LogP contribution in [0.4, 0.5) is 17.6 Å². The van der Waals surface area contributed by atoms with E-state index >= 15 is 0 Å². The second-order valence-electron chi connectivity index (χ2n) is 5.84. The number of anilines is 3. The molecule has 3 rings (SSSR count). The van der Waals surface area contributed by atoms with E-state index < -0.39 is 5.91 Å². The number of primary amides is 1. The van der Waals surface area contributed by atoms with Gasteiger partial charge in [-0.25, -0.2) is 9.97 Å². The fourth-order valence-electron chi connectivity index (χ4n) is 2.69. The van der Waals surface area contributed by atoms with Crippen LogP contribution < -0.4 is 27.4 Å². The lowest BCUT2D eigenvalue weighted by molar-refractivity contribution is 0.100. The molecule has 1 fully saturated rings. The molecule has 9 heteroatoms. The zero-order valence-corrected chi connectivity index (χ0v) is 13.1. The van der Waals surface area contributed by atoms with E-state index in [0.29, 0.717) is 30.5 Å². The Hall–Kier alpha value is -2.78. The topological polar surface area (TPSA) is 149 Å². The lowest BCUT2D eigenvalue weighted by atomic mass is 10.0. The van der Waals surface area contributed by atoms with Crippen LogP contribution in [-0.4, -0.2) is 46.0 Å². The molecule has 1 aromatic heterocycles. The first kappa shape index (κ1) is 16.1. The van der Waals surface area contributed by atoms with Gasteiger partial charge in [-0.2, -0.15) is 4.98 Å². The van der Waals surface area contributed by atoms with E-state index in [1.165, 1.54) is 6.33 Å². The average molecular weight is 328 g/mol. The van der Waals surface area contributed by atoms with E-state index in [2.05, 4.69) is 20.3 Å². The van der Waals surface area contributed by atoms with Gasteiger partial charge in [0.15, 0.2) is 0 Å². The standard InChI is InChI=1S/C15H20N8O/c16-10-5-11(17)7-23(6-10)15-20-8-19-14(22-15)21-12-3-1-9(2-4-12)13(18)24/h1-4,8,10-11H,5-7,16-17H2,(H2,18,24)(H,19,20,21,22)/t10-,11+. The largest absolute Gasteiger partial charge is 0.366 e. The maximum Gasteiger partial charge on any atom is 0.248 e. The summed E-state index contributed by atoms with van der Waals surface area (Å²) in [5, 5.41) is 3.07. The van der Waals surface area contributed by atoms with Crippen molar-refractivity contribution in [3.63, 3.8) is 0 Å². The molecule has 0 bridgehead atoms. The number of hydrogen-bond acceptors (Lipinski definition) is 8. The van der Waals surface area contributed by atoms with Gasteiger partial charge >= 0.3 is 0 Å². The van der Waals surface area contributed by atoms with Gasteiger partial charge in [0.2, 0.25) is 17.8 Å². The fourth-order valence-corrected chi connectivity index (χ4v) is 2.69. The zero-order chi connectivity index (χ0) is 17.1. The highest BCUT2D eigenvalue weighted by Crippen LogP contribution is 2.18. The van der Waals surface area contributed by atoms with Crippen molar-refractivity contribution in [3.05, 3.63) is 36.2 Å². The summed E-state index contributed by atoms with van der Waals surface area (Å²) in [6.07, 6.45) is 2.23. The first-order chi connectivity index (χ1) is 11.5. The number of nitrogens with zero attached hydrogens (tertiary/aromatic N) is 4. The summed E-state index contributed by atoms with van der Waals surface area (Å²) in [5.74, 6) is 0.466. The molecule has 7 N–H and O–H groups in total. The van der Waals surface area contributed by atoms with Gasteiger partial charge in [-0.05, 0) is 30.7 Å². The van der Waals surface area contributed by atoms with Crippen molar-refractivity contribution in [2.45, 2.75) is 18.5 Å². The molecule has 0 unspecified atom stereocenters. The highest BCUT2D eigenvalue weighted by atomic mass is 16.1. The van der Waals surface area contributed by atoms with Crippen LogP contribution in [0.3, 0.4) is 0 Å². The van der Waals surface area contributed by atoms with E-state index in [1.54, 1.807) is 24.3 Å². The van der Waals surface area contributed by atoms with Crippen LogP contribution in [-0.2, 0) is 0 Å². The summed E-state index contributed by atoms with van der Waals surface area (Å²) in [7, 11) is 0. The number of hydrogen-bond donors (Lipinski definition) is 4. The Balaban J connectivity index is 1.74. The molecule has 1 aliphatic heterocycles. The molecular weight excluding hydrogens is 308 g/mol. The number of aromatic nitrogens is 3. The normalized spacial score (nSPS) is 20.7. The number of amides is 1. The van der Waals surface area contributed by atoms with Gasteiger partial charge in [0.1, 0.15) is 6.33 Å². The van der Waals surface area contributed by atoms with Crippen molar-refractivity contribution in [2.75, 3.05) is 23.3 Å². The van der Waals surface area contributed by atoms with Gasteiger partial charge in [0.25, 0.3) is 0 Å². The first-order valence-electron chi connectivity index (χ1n) is 7.63. The number of benzene rings is 1. The van der Waals surface area contributed by atoms with Crippen molar-refractivity contribution < 1.29 is 4.79 Å². The van der Waals surface area contributed by atoms with Crippen molar-refractivity contribution in [1.82, 2.24) is 15.0 Å². The molecular formula is C15H20N8O. The minimum absolute atomic E-state index is 0.00303. The SMILES string of the molecule is NC(=O)c1ccc(Nc2ncnc(N3C[C@H](N)C[C@H](N)C3)n2)cc1. The van der Waals surface area contributed by atoms with Crippen LogP contribution in [0.1, 0.15) is 16.8 Å². The molecule has 2 aromatic rings. The summed E-state index contributed by atoms with van der Waals surface area (Å²) in [4.78, 5) is 25.8. The van der Waals surface area contributed by atoms with Gasteiger partial charge in [-0.1, -0.05) is 0 Å². The highest BCUT2D eigenvalue weighted by molar-refractivity contribution is 5.93. The van der Waals surface area contributed by atoms with Gasteiger partial charge in [-0.15, -0.1) is 0 Å². The van der Waals surface area contributed by atoms with E-state index in [1.807, 2.05) is 4.90 Å². The second kappa shape index (κ2) is 6.77. The average Bonchev–Trinajstić information content (AvgIpc) is 2.55. The third-order valence-corrected chi connectivity index (χ3v) is 3.78. The van der Waals surface area contributed by atoms with Crippen LogP contribution in [0, 0.1) is 0 Å². The fraction of sp³-hybridized carbons (Fsp3) is 0.333. The zero-order valence-electron chi connectivity index (χ0n) is 13.1. The van der Waals surface area contributed by atoms with E-state index in [0.717, 1.165) is 12.1 Å². The van der Waals surface area contributed by atoms with Crippen LogP contribution in [0.25, 0.3) is 0 Å². The lowest BCUT2D eigenvalue weighted by Crippen LogP contribution is -2.52. The van der Waals surface area contributed by atoms with Crippen LogP contribution in [0.15, 0.2) is 30.6 Å². The van der Waals surface area contributed by atoms with Gasteiger partial charge in [0, 0.05) is 36.4 Å². The molecule has 9 nitrogen and oxygen atoms in total. The van der Waals surface area contributed by atoms with Crippen molar-refractivity contribution in [1.29, 1.82) is 0 Å². The predicted molar refractivity (Wildman–Crippen MR) is 90.9 cm³/mol. The molecule has 0 spiro atoms. The maximum atomic E-state index is 11.1. The van der Waals surface area contributed by atoms with Crippen LogP contribution in [0.5, 0.6) is 0 Å². The molecule has 24 heavy (non-hydrogen) atoms. The van der Waals surface area contributed by atoms with Crippen molar-refractivity contribution in [3.8, 4) is 0 Å². The summed E-state index contributed by atoms with van der Waals surface area (Å²) >= 11 is 0. The summed E-state index contributed by atoms with van der Waals surface area (Å²) in [5.41, 5.74) is 18.4. The number of piperidine rings is 1. The smallest absolute Gasteiger partial charge is 0.248 e. The van der Waals surface area contributed by atoms with Gasteiger partial charge < -0.3 is 27.4 Å². The quantitative estimate of drug-likeness (QED) is 0.591. The Morgan fingerprint density at radius 1 is 1.12 bits per heavy atom. The Morgan fingerprint density at radius 3 is 2.42 bits per heavy atom. The highest BCUT2D eigenvalue weighted by Gasteiger charge is 2.24. The molecule has 0 saturated carbocycles. The summed E-state index contributed by atoms with van der Waals surface area (Å²) in [6, 6.07) is 6.74. The van der Waals surface area contributed by atoms with E-state index in [4.69, 9.17) is 17.2 Å². The Labute approximate surface area is 139 Å². The third kappa shape index (κ3) is 3.76. The minimum Gasteiger partial charge on any atom is -0.366 e. The maximum absolute atomic E-state index is 11.1. The monoisotopic (exact) mass is 328 g/mol. The minimum atomic E-state index is -0.471. The molecule has 2 heterocycles. The van der Waals surface area contributed by atoms with E-state index in [9.17, 15) is 4.79 Å². The number of nitrogens with one attached hydrogen (secondary N) is 1. The molecule has 2 atom stereocenters. The third-order valence-electron chi connectivity index (χ3n) is 3.78. The van der Waals surface area contributed by atoms with Crippen LogP contribution >= 0.6 is 0 Å². The second-order valence-corrected chi connectivity index (χ2v) is 5.84. The molecule has 1 aromatic carbocycles. The van der Waals surface area contributed by atoms with E-state index in [-0.39, 0.29) is 12.1 Å². The number of carbonyl (C=O) groups is 1. The Kier molecular flexibility index (Phi) is 4.54. The Morgan fingerprint density at radius 2 is 1.79 bits per heavy atom. The summed E-state index contributed by atoms with van der Waals surface area (Å²) in [6.45, 7) is 1.31.